The number of carbonyl (C=O) groups excluding carboxylic acids is 1. The standard InChI is InChI=1S/C13H21F3N2O2/c1-2-3-6-20-12(19)18-10-4-5-11(18)8-17(7-10)9-13(14,15)16/h10-11H,2-9H2,1H3. The van der Waals surface area contributed by atoms with Crippen molar-refractivity contribution >= 4 is 6.09 Å². The summed E-state index contributed by atoms with van der Waals surface area (Å²) in [6.07, 6.45) is -1.25. The molecule has 2 atom stereocenters. The monoisotopic (exact) mass is 294 g/mol. The van der Waals surface area contributed by atoms with Crippen LogP contribution in [0.15, 0.2) is 0 Å². The molecule has 116 valence electrons. The van der Waals surface area contributed by atoms with Crippen molar-refractivity contribution in [2.24, 2.45) is 0 Å². The normalized spacial score (nSPS) is 26.9. The Bertz CT molecular complexity index is 335. The van der Waals surface area contributed by atoms with Crippen molar-refractivity contribution < 1.29 is 22.7 Å². The number of carbonyl (C=O) groups is 1. The van der Waals surface area contributed by atoms with E-state index in [1.165, 1.54) is 4.90 Å². The van der Waals surface area contributed by atoms with E-state index in [1.54, 1.807) is 4.90 Å². The topological polar surface area (TPSA) is 32.8 Å². The van der Waals surface area contributed by atoms with Gasteiger partial charge in [-0.25, -0.2) is 4.79 Å². The van der Waals surface area contributed by atoms with Crippen molar-refractivity contribution in [1.82, 2.24) is 9.80 Å². The highest BCUT2D eigenvalue weighted by atomic mass is 19.4. The number of hydrogen-bond acceptors (Lipinski definition) is 3. The molecule has 0 saturated carbocycles. The summed E-state index contributed by atoms with van der Waals surface area (Å²) < 4.78 is 42.5. The van der Waals surface area contributed by atoms with Gasteiger partial charge in [0.25, 0.3) is 0 Å². The zero-order chi connectivity index (χ0) is 14.8. The number of amides is 1. The minimum atomic E-state index is -4.18. The molecule has 7 heteroatoms. The first-order chi connectivity index (χ1) is 9.40. The maximum Gasteiger partial charge on any atom is 0.410 e. The first kappa shape index (κ1) is 15.4. The van der Waals surface area contributed by atoms with Gasteiger partial charge in [0.05, 0.1) is 13.2 Å². The summed E-state index contributed by atoms with van der Waals surface area (Å²) in [5.41, 5.74) is 0. The predicted molar refractivity (Wildman–Crippen MR) is 67.4 cm³/mol. The second kappa shape index (κ2) is 6.20. The first-order valence-corrected chi connectivity index (χ1v) is 7.15. The molecular formula is C13H21F3N2O2. The summed E-state index contributed by atoms with van der Waals surface area (Å²) in [6, 6.07) is -0.268. The zero-order valence-electron chi connectivity index (χ0n) is 11.7. The van der Waals surface area contributed by atoms with Crippen LogP contribution < -0.4 is 0 Å². The molecule has 2 saturated heterocycles. The molecule has 4 nitrogen and oxygen atoms in total. The van der Waals surface area contributed by atoms with Crippen LogP contribution >= 0.6 is 0 Å². The predicted octanol–water partition coefficient (Wildman–Crippen LogP) is 2.63. The van der Waals surface area contributed by atoms with Crippen LogP contribution in [0.5, 0.6) is 0 Å². The molecule has 2 fully saturated rings. The fourth-order valence-electron chi connectivity index (χ4n) is 3.05. The second-order valence-corrected chi connectivity index (χ2v) is 5.57. The van der Waals surface area contributed by atoms with Crippen molar-refractivity contribution in [2.45, 2.75) is 50.9 Å². The molecule has 0 aromatic heterocycles. The number of halogens is 3. The molecule has 20 heavy (non-hydrogen) atoms. The third-order valence-electron chi connectivity index (χ3n) is 3.89. The van der Waals surface area contributed by atoms with E-state index in [-0.39, 0.29) is 18.2 Å². The van der Waals surface area contributed by atoms with E-state index >= 15 is 0 Å². The van der Waals surface area contributed by atoms with Gasteiger partial charge in [0.1, 0.15) is 0 Å². The van der Waals surface area contributed by atoms with E-state index in [0.717, 1.165) is 25.7 Å². The average molecular weight is 294 g/mol. The van der Waals surface area contributed by atoms with Crippen molar-refractivity contribution in [3.05, 3.63) is 0 Å². The third kappa shape index (κ3) is 3.77. The largest absolute Gasteiger partial charge is 0.449 e. The molecular weight excluding hydrogens is 273 g/mol. The maximum absolute atomic E-state index is 12.4. The van der Waals surface area contributed by atoms with Crippen molar-refractivity contribution in [2.75, 3.05) is 26.2 Å². The third-order valence-corrected chi connectivity index (χ3v) is 3.89. The number of nitrogens with zero attached hydrogens (tertiary/aromatic N) is 2. The van der Waals surface area contributed by atoms with Gasteiger partial charge in [0.15, 0.2) is 0 Å². The Morgan fingerprint density at radius 1 is 1.25 bits per heavy atom. The Kier molecular flexibility index (Phi) is 4.78. The average Bonchev–Trinajstić information content (AvgIpc) is 2.60. The quantitative estimate of drug-likeness (QED) is 0.747. The Labute approximate surface area is 116 Å². The first-order valence-electron chi connectivity index (χ1n) is 7.15. The summed E-state index contributed by atoms with van der Waals surface area (Å²) in [5, 5.41) is 0. The van der Waals surface area contributed by atoms with Crippen LogP contribution in [0.25, 0.3) is 0 Å². The molecule has 0 aromatic carbocycles. The highest BCUT2D eigenvalue weighted by Crippen LogP contribution is 2.32. The minimum absolute atomic E-state index is 0.134. The molecule has 2 aliphatic heterocycles. The lowest BCUT2D eigenvalue weighted by Crippen LogP contribution is -2.57. The Hall–Kier alpha value is -0.980. The lowest BCUT2D eigenvalue weighted by atomic mass is 10.2. The van der Waals surface area contributed by atoms with Gasteiger partial charge in [-0.2, -0.15) is 13.2 Å². The van der Waals surface area contributed by atoms with Gasteiger partial charge in [-0.05, 0) is 19.3 Å². The van der Waals surface area contributed by atoms with Crippen LogP contribution in [0.4, 0.5) is 18.0 Å². The lowest BCUT2D eigenvalue weighted by Gasteiger charge is -2.40. The second-order valence-electron chi connectivity index (χ2n) is 5.57. The van der Waals surface area contributed by atoms with Crippen molar-refractivity contribution in [1.29, 1.82) is 0 Å². The van der Waals surface area contributed by atoms with Gasteiger partial charge >= 0.3 is 12.3 Å². The molecule has 0 aromatic rings. The number of unbranched alkanes of at least 4 members (excludes halogenated alkanes) is 1. The fourth-order valence-corrected chi connectivity index (χ4v) is 3.05. The number of likely N-dealkylation sites (tertiary alicyclic amines) is 1. The molecule has 2 heterocycles. The maximum atomic E-state index is 12.4. The van der Waals surface area contributed by atoms with E-state index in [4.69, 9.17) is 4.74 Å². The summed E-state index contributed by atoms with van der Waals surface area (Å²) in [6.45, 7) is 2.08. The molecule has 0 spiro atoms. The smallest absolute Gasteiger partial charge is 0.410 e. The zero-order valence-corrected chi connectivity index (χ0v) is 11.7. The van der Waals surface area contributed by atoms with E-state index in [1.807, 2.05) is 6.92 Å². The van der Waals surface area contributed by atoms with Crippen LogP contribution in [-0.2, 0) is 4.74 Å². The summed E-state index contributed by atoms with van der Waals surface area (Å²) in [5.74, 6) is 0. The van der Waals surface area contributed by atoms with Gasteiger partial charge in [0.2, 0.25) is 0 Å². The van der Waals surface area contributed by atoms with E-state index < -0.39 is 12.7 Å². The highest BCUT2D eigenvalue weighted by molar-refractivity contribution is 5.69. The van der Waals surface area contributed by atoms with Gasteiger partial charge in [-0.3, -0.25) is 9.80 Å². The number of ether oxygens (including phenoxy) is 1. The molecule has 0 aliphatic carbocycles. The van der Waals surface area contributed by atoms with Gasteiger partial charge < -0.3 is 4.74 Å². The lowest BCUT2D eigenvalue weighted by molar-refractivity contribution is -0.151. The van der Waals surface area contributed by atoms with Gasteiger partial charge in [-0.15, -0.1) is 0 Å². The van der Waals surface area contributed by atoms with Crippen LogP contribution in [0.2, 0.25) is 0 Å². The van der Waals surface area contributed by atoms with Gasteiger partial charge in [-0.1, -0.05) is 13.3 Å². The molecule has 2 bridgehead atoms. The Morgan fingerprint density at radius 3 is 2.35 bits per heavy atom. The van der Waals surface area contributed by atoms with Crippen LogP contribution in [0.3, 0.4) is 0 Å². The molecule has 2 unspecified atom stereocenters. The number of alkyl halides is 3. The molecule has 0 N–H and O–H groups in total. The molecule has 1 amide bonds. The van der Waals surface area contributed by atoms with Crippen molar-refractivity contribution in [3.63, 3.8) is 0 Å². The van der Waals surface area contributed by atoms with Crippen LogP contribution in [0, 0.1) is 0 Å². The van der Waals surface area contributed by atoms with Gasteiger partial charge in [0, 0.05) is 25.2 Å². The summed E-state index contributed by atoms with van der Waals surface area (Å²) >= 11 is 0. The molecule has 0 radical (unpaired) electrons. The number of hydrogen-bond donors (Lipinski definition) is 0. The number of fused-ring (bicyclic) bond motifs is 2. The van der Waals surface area contributed by atoms with Crippen LogP contribution in [-0.4, -0.2) is 60.4 Å². The SMILES string of the molecule is CCCCOC(=O)N1C2CCC1CN(CC(F)(F)F)C2. The van der Waals surface area contributed by atoms with E-state index in [0.29, 0.717) is 19.7 Å². The van der Waals surface area contributed by atoms with Crippen molar-refractivity contribution in [3.8, 4) is 0 Å². The molecule has 2 aliphatic rings. The number of piperazine rings is 1. The molecule has 2 rings (SSSR count). The van der Waals surface area contributed by atoms with E-state index in [2.05, 4.69) is 0 Å². The Balaban J connectivity index is 1.88. The highest BCUT2D eigenvalue weighted by Gasteiger charge is 2.45. The summed E-state index contributed by atoms with van der Waals surface area (Å²) in [7, 11) is 0. The Morgan fingerprint density at radius 2 is 1.85 bits per heavy atom. The minimum Gasteiger partial charge on any atom is -0.449 e. The van der Waals surface area contributed by atoms with Crippen LogP contribution in [0.1, 0.15) is 32.6 Å². The fraction of sp³-hybridized carbons (Fsp3) is 0.923. The summed E-state index contributed by atoms with van der Waals surface area (Å²) in [4.78, 5) is 15.0. The van der Waals surface area contributed by atoms with E-state index in [9.17, 15) is 18.0 Å². The number of rotatable bonds is 4.